The van der Waals surface area contributed by atoms with Gasteiger partial charge >= 0.3 is 12.3 Å². The van der Waals surface area contributed by atoms with Gasteiger partial charge in [-0.25, -0.2) is 9.78 Å². The number of alkyl halides is 3. The molecule has 1 unspecified atom stereocenters. The van der Waals surface area contributed by atoms with Crippen LogP contribution in [-0.2, 0) is 23.1 Å². The SMILES string of the molecule is Nc1ncc(-c2cc3n(n2)CCOC32CCN(C(=O)O)C2)cc1C(F)(F)F. The maximum atomic E-state index is 13.1. The lowest BCUT2D eigenvalue weighted by molar-refractivity contribution is -0.137. The van der Waals surface area contributed by atoms with Gasteiger partial charge in [0.05, 0.1) is 36.6 Å². The summed E-state index contributed by atoms with van der Waals surface area (Å²) in [5.41, 5.74) is 4.64. The van der Waals surface area contributed by atoms with Crippen LogP contribution in [0.4, 0.5) is 23.8 Å². The van der Waals surface area contributed by atoms with Crippen LogP contribution in [0.2, 0.25) is 0 Å². The molecule has 2 aliphatic rings. The predicted octanol–water partition coefficient (Wildman–Crippen LogP) is 2.16. The summed E-state index contributed by atoms with van der Waals surface area (Å²) in [5, 5.41) is 13.6. The van der Waals surface area contributed by atoms with Gasteiger partial charge in [0.1, 0.15) is 11.4 Å². The molecular weight excluding hydrogens is 367 g/mol. The molecule has 27 heavy (non-hydrogen) atoms. The molecule has 0 aliphatic carbocycles. The molecule has 1 amide bonds. The fraction of sp³-hybridized carbons (Fsp3) is 0.438. The smallest absolute Gasteiger partial charge is 0.419 e. The molecule has 2 aliphatic heterocycles. The van der Waals surface area contributed by atoms with Crippen LogP contribution in [0.1, 0.15) is 17.7 Å². The van der Waals surface area contributed by atoms with E-state index in [1.165, 1.54) is 11.1 Å². The Morgan fingerprint density at radius 1 is 1.33 bits per heavy atom. The van der Waals surface area contributed by atoms with Crippen LogP contribution in [0.3, 0.4) is 0 Å². The molecule has 0 bridgehead atoms. The van der Waals surface area contributed by atoms with Gasteiger partial charge in [-0.05, 0) is 12.1 Å². The van der Waals surface area contributed by atoms with Crippen molar-refractivity contribution in [1.29, 1.82) is 0 Å². The number of nitrogens with zero attached hydrogens (tertiary/aromatic N) is 4. The molecule has 0 saturated carbocycles. The number of anilines is 1. The molecule has 2 aromatic rings. The van der Waals surface area contributed by atoms with Crippen molar-refractivity contribution in [2.45, 2.75) is 24.7 Å². The van der Waals surface area contributed by atoms with E-state index in [2.05, 4.69) is 10.1 Å². The second-order valence-corrected chi connectivity index (χ2v) is 6.59. The number of fused-ring (bicyclic) bond motifs is 2. The summed E-state index contributed by atoms with van der Waals surface area (Å²) in [4.78, 5) is 16.2. The number of amides is 1. The fourth-order valence-electron chi connectivity index (χ4n) is 3.61. The Balaban J connectivity index is 1.74. The monoisotopic (exact) mass is 383 g/mol. The third kappa shape index (κ3) is 2.87. The zero-order valence-corrected chi connectivity index (χ0v) is 14.0. The Labute approximate surface area is 151 Å². The van der Waals surface area contributed by atoms with E-state index in [1.54, 1.807) is 10.7 Å². The Kier molecular flexibility index (Phi) is 3.81. The molecule has 4 heterocycles. The minimum Gasteiger partial charge on any atom is -0.465 e. The molecule has 1 atom stereocenters. The highest BCUT2D eigenvalue weighted by molar-refractivity contribution is 5.66. The van der Waals surface area contributed by atoms with E-state index >= 15 is 0 Å². The van der Waals surface area contributed by atoms with Crippen molar-refractivity contribution in [2.24, 2.45) is 0 Å². The van der Waals surface area contributed by atoms with Crippen molar-refractivity contribution in [3.63, 3.8) is 0 Å². The Morgan fingerprint density at radius 3 is 2.78 bits per heavy atom. The van der Waals surface area contributed by atoms with Crippen molar-refractivity contribution in [2.75, 3.05) is 25.4 Å². The van der Waals surface area contributed by atoms with E-state index in [4.69, 9.17) is 10.5 Å². The van der Waals surface area contributed by atoms with Crippen LogP contribution in [-0.4, -0.2) is 50.6 Å². The molecule has 4 rings (SSSR count). The average Bonchev–Trinajstić information content (AvgIpc) is 3.20. The number of hydrogen-bond acceptors (Lipinski definition) is 5. The van der Waals surface area contributed by atoms with Gasteiger partial charge in [0.25, 0.3) is 0 Å². The van der Waals surface area contributed by atoms with E-state index in [9.17, 15) is 23.1 Å². The normalized spacial score (nSPS) is 22.3. The van der Waals surface area contributed by atoms with Crippen LogP contribution in [0, 0.1) is 0 Å². The van der Waals surface area contributed by atoms with Gasteiger partial charge in [-0.3, -0.25) is 4.68 Å². The standard InChI is InChI=1S/C16H16F3N5O3/c17-16(18,19)10-5-9(7-21-13(10)20)11-6-12-15(27-4-3-24(12)22-11)1-2-23(8-15)14(25)26/h5-7H,1-4,8H2,(H2,20,21)(H,25,26). The first-order valence-electron chi connectivity index (χ1n) is 8.23. The van der Waals surface area contributed by atoms with Crippen molar-refractivity contribution in [3.8, 4) is 11.3 Å². The number of nitrogens with two attached hydrogens (primary N) is 1. The number of likely N-dealkylation sites (tertiary alicyclic amines) is 1. The summed E-state index contributed by atoms with van der Waals surface area (Å²) in [7, 11) is 0. The van der Waals surface area contributed by atoms with Crippen molar-refractivity contribution >= 4 is 11.9 Å². The van der Waals surface area contributed by atoms with Gasteiger partial charge < -0.3 is 20.5 Å². The molecule has 1 saturated heterocycles. The molecule has 1 spiro atoms. The van der Waals surface area contributed by atoms with Crippen molar-refractivity contribution in [1.82, 2.24) is 19.7 Å². The number of pyridine rings is 1. The molecule has 144 valence electrons. The quantitative estimate of drug-likeness (QED) is 0.782. The highest BCUT2D eigenvalue weighted by atomic mass is 19.4. The lowest BCUT2D eigenvalue weighted by Gasteiger charge is -2.33. The highest BCUT2D eigenvalue weighted by Crippen LogP contribution is 2.40. The Morgan fingerprint density at radius 2 is 2.11 bits per heavy atom. The van der Waals surface area contributed by atoms with E-state index in [0.717, 1.165) is 6.07 Å². The lowest BCUT2D eigenvalue weighted by atomic mass is 9.96. The Bertz CT molecular complexity index is 913. The van der Waals surface area contributed by atoms with Crippen molar-refractivity contribution < 1.29 is 27.8 Å². The summed E-state index contributed by atoms with van der Waals surface area (Å²) in [6.07, 6.45) is -3.96. The molecule has 11 heteroatoms. The van der Waals surface area contributed by atoms with Crippen LogP contribution < -0.4 is 5.73 Å². The average molecular weight is 383 g/mol. The molecule has 3 N–H and O–H groups in total. The topological polar surface area (TPSA) is 106 Å². The third-order valence-corrected chi connectivity index (χ3v) is 4.95. The van der Waals surface area contributed by atoms with Crippen molar-refractivity contribution in [3.05, 3.63) is 29.6 Å². The summed E-state index contributed by atoms with van der Waals surface area (Å²) in [6.45, 7) is 1.24. The van der Waals surface area contributed by atoms with Gasteiger partial charge in [0.2, 0.25) is 0 Å². The third-order valence-electron chi connectivity index (χ3n) is 4.95. The number of ether oxygens (including phenoxy) is 1. The van der Waals surface area contributed by atoms with Gasteiger partial charge in [-0.1, -0.05) is 0 Å². The van der Waals surface area contributed by atoms with Crippen LogP contribution >= 0.6 is 0 Å². The molecule has 2 aromatic heterocycles. The summed E-state index contributed by atoms with van der Waals surface area (Å²) >= 11 is 0. The van der Waals surface area contributed by atoms with Gasteiger partial charge in [-0.2, -0.15) is 18.3 Å². The lowest BCUT2D eigenvalue weighted by Crippen LogP contribution is -2.41. The summed E-state index contributed by atoms with van der Waals surface area (Å²) < 4.78 is 46.9. The van der Waals surface area contributed by atoms with Gasteiger partial charge in [0, 0.05) is 24.7 Å². The molecular formula is C16H16F3N5O3. The summed E-state index contributed by atoms with van der Waals surface area (Å²) in [6, 6.07) is 2.56. The zero-order chi connectivity index (χ0) is 19.4. The number of carboxylic acid groups (broad SMARTS) is 1. The van der Waals surface area contributed by atoms with Gasteiger partial charge in [0.15, 0.2) is 0 Å². The number of rotatable bonds is 1. The second-order valence-electron chi connectivity index (χ2n) is 6.59. The Hall–Kier alpha value is -2.82. The zero-order valence-electron chi connectivity index (χ0n) is 14.0. The summed E-state index contributed by atoms with van der Waals surface area (Å²) in [5.74, 6) is -0.595. The maximum Gasteiger partial charge on any atom is 0.419 e. The molecule has 0 radical (unpaired) electrons. The van der Waals surface area contributed by atoms with Crippen LogP contribution in [0.15, 0.2) is 18.3 Å². The van der Waals surface area contributed by atoms with E-state index in [1.807, 2.05) is 0 Å². The van der Waals surface area contributed by atoms with E-state index in [0.29, 0.717) is 37.5 Å². The van der Waals surface area contributed by atoms with Crippen LogP contribution in [0.5, 0.6) is 0 Å². The first kappa shape index (κ1) is 17.6. The molecule has 0 aromatic carbocycles. The number of aromatic nitrogens is 3. The molecule has 1 fully saturated rings. The number of carbonyl (C=O) groups is 1. The van der Waals surface area contributed by atoms with E-state index in [-0.39, 0.29) is 12.1 Å². The molecule has 8 nitrogen and oxygen atoms in total. The van der Waals surface area contributed by atoms with Crippen LogP contribution in [0.25, 0.3) is 11.3 Å². The number of halogens is 3. The predicted molar refractivity (Wildman–Crippen MR) is 86.7 cm³/mol. The minimum absolute atomic E-state index is 0.154. The second kappa shape index (κ2) is 5.84. The minimum atomic E-state index is -4.62. The first-order valence-corrected chi connectivity index (χ1v) is 8.23. The van der Waals surface area contributed by atoms with Gasteiger partial charge in [-0.15, -0.1) is 0 Å². The number of hydrogen-bond donors (Lipinski definition) is 2. The first-order chi connectivity index (χ1) is 12.7. The van der Waals surface area contributed by atoms with E-state index < -0.39 is 29.3 Å². The number of nitrogen functional groups attached to an aromatic ring is 1. The largest absolute Gasteiger partial charge is 0.465 e. The maximum absolute atomic E-state index is 13.1. The fourth-order valence-corrected chi connectivity index (χ4v) is 3.61. The highest BCUT2D eigenvalue weighted by Gasteiger charge is 2.47.